The highest BCUT2D eigenvalue weighted by atomic mass is 32.2. The molecule has 0 radical (unpaired) electrons. The van der Waals surface area contributed by atoms with E-state index in [1.807, 2.05) is 51.1 Å². The van der Waals surface area contributed by atoms with E-state index in [-0.39, 0.29) is 11.4 Å². The van der Waals surface area contributed by atoms with E-state index in [1.165, 1.54) is 9.87 Å². The minimum absolute atomic E-state index is 0.152. The molecule has 1 amide bonds. The zero-order chi connectivity index (χ0) is 24.0. The number of nitrogens with zero attached hydrogens (tertiary/aromatic N) is 1. The van der Waals surface area contributed by atoms with Gasteiger partial charge in [-0.3, -0.25) is 9.10 Å². The second-order valence-electron chi connectivity index (χ2n) is 8.44. The van der Waals surface area contributed by atoms with Crippen LogP contribution in [0.5, 0.6) is 0 Å². The van der Waals surface area contributed by atoms with Crippen LogP contribution in [0.1, 0.15) is 42.0 Å². The first kappa shape index (κ1) is 24.5. The lowest BCUT2D eigenvalue weighted by molar-refractivity contribution is -0.114. The number of carbonyl (C=O) groups is 1. The molecule has 0 heterocycles. The van der Waals surface area contributed by atoms with Gasteiger partial charge in [0.1, 0.15) is 6.54 Å². The van der Waals surface area contributed by atoms with Crippen LogP contribution < -0.4 is 9.62 Å². The molecule has 0 unspecified atom stereocenters. The van der Waals surface area contributed by atoms with E-state index in [0.717, 1.165) is 36.0 Å². The number of rotatable bonds is 9. The molecule has 33 heavy (non-hydrogen) atoms. The molecule has 0 bridgehead atoms. The van der Waals surface area contributed by atoms with Crippen LogP contribution in [-0.4, -0.2) is 20.9 Å². The molecule has 1 N–H and O–H groups in total. The van der Waals surface area contributed by atoms with Gasteiger partial charge in [-0.2, -0.15) is 0 Å². The Morgan fingerprint density at radius 2 is 1.55 bits per heavy atom. The second-order valence-corrected chi connectivity index (χ2v) is 10.3. The fraction of sp³-hybridized carbons (Fsp3) is 0.296. The van der Waals surface area contributed by atoms with Gasteiger partial charge in [0.25, 0.3) is 10.0 Å². The van der Waals surface area contributed by atoms with Gasteiger partial charge in [-0.15, -0.1) is 0 Å². The normalized spacial score (nSPS) is 11.3. The first-order valence-electron chi connectivity index (χ1n) is 11.3. The lowest BCUT2D eigenvalue weighted by atomic mass is 10.1. The van der Waals surface area contributed by atoms with Gasteiger partial charge >= 0.3 is 0 Å². The number of carbonyl (C=O) groups excluding carboxylic acids is 1. The lowest BCUT2D eigenvalue weighted by Crippen LogP contribution is -2.38. The Kier molecular flexibility index (Phi) is 7.92. The van der Waals surface area contributed by atoms with Gasteiger partial charge in [-0.25, -0.2) is 8.42 Å². The number of nitrogens with one attached hydrogen (secondary N) is 1. The molecule has 0 spiro atoms. The fourth-order valence-corrected chi connectivity index (χ4v) is 4.91. The van der Waals surface area contributed by atoms with E-state index >= 15 is 0 Å². The average Bonchev–Trinajstić information content (AvgIpc) is 2.79. The molecule has 5 nitrogen and oxygen atoms in total. The van der Waals surface area contributed by atoms with Gasteiger partial charge in [-0.05, 0) is 86.7 Å². The number of unbranched alkanes of at least 4 members (excludes halogenated alkanes) is 1. The number of benzene rings is 3. The summed E-state index contributed by atoms with van der Waals surface area (Å²) in [7, 11) is -3.93. The molecule has 174 valence electrons. The van der Waals surface area contributed by atoms with E-state index in [9.17, 15) is 13.2 Å². The van der Waals surface area contributed by atoms with Crippen molar-refractivity contribution in [2.75, 3.05) is 16.2 Å². The molecule has 3 rings (SSSR count). The van der Waals surface area contributed by atoms with E-state index in [1.54, 1.807) is 36.4 Å². The molecule has 0 aliphatic carbocycles. The Morgan fingerprint density at radius 3 is 2.15 bits per heavy atom. The van der Waals surface area contributed by atoms with Crippen LogP contribution in [0.25, 0.3) is 0 Å². The average molecular weight is 465 g/mol. The first-order valence-corrected chi connectivity index (χ1v) is 12.7. The van der Waals surface area contributed by atoms with Crippen LogP contribution in [0.15, 0.2) is 71.6 Å². The topological polar surface area (TPSA) is 66.5 Å². The Morgan fingerprint density at radius 1 is 0.879 bits per heavy atom. The highest BCUT2D eigenvalue weighted by Gasteiger charge is 2.27. The predicted octanol–water partition coefficient (Wildman–Crippen LogP) is 5.79. The number of hydrogen-bond acceptors (Lipinski definition) is 3. The second kappa shape index (κ2) is 10.7. The molecule has 3 aromatic carbocycles. The molecule has 0 saturated carbocycles. The SMILES string of the molecule is CCCCc1ccc(NC(=O)CN(c2ccc(C)c(C)c2)S(=O)(=O)c2ccc(C)cc2)cc1. The molecule has 6 heteroatoms. The number of anilines is 2. The Labute approximate surface area is 197 Å². The zero-order valence-corrected chi connectivity index (χ0v) is 20.6. The Bertz CT molecular complexity index is 1200. The molecule has 0 aliphatic rings. The highest BCUT2D eigenvalue weighted by molar-refractivity contribution is 7.92. The third-order valence-corrected chi connectivity index (χ3v) is 7.52. The van der Waals surface area contributed by atoms with Crippen LogP contribution in [-0.2, 0) is 21.2 Å². The molecule has 3 aromatic rings. The van der Waals surface area contributed by atoms with Crippen molar-refractivity contribution in [3.8, 4) is 0 Å². The Hall–Kier alpha value is -3.12. The summed E-state index contributed by atoms with van der Waals surface area (Å²) in [5.74, 6) is -0.398. The lowest BCUT2D eigenvalue weighted by Gasteiger charge is -2.25. The minimum Gasteiger partial charge on any atom is -0.325 e. The number of aryl methyl sites for hydroxylation is 4. The summed E-state index contributed by atoms with van der Waals surface area (Å²) in [6, 6.07) is 19.8. The van der Waals surface area contributed by atoms with Crippen molar-refractivity contribution in [3.63, 3.8) is 0 Å². The minimum atomic E-state index is -3.93. The molecule has 0 aromatic heterocycles. The van der Waals surface area contributed by atoms with Gasteiger partial charge in [0.15, 0.2) is 0 Å². The number of amides is 1. The Balaban J connectivity index is 1.87. The predicted molar refractivity (Wildman–Crippen MR) is 135 cm³/mol. The van der Waals surface area contributed by atoms with E-state index in [0.29, 0.717) is 11.4 Å². The van der Waals surface area contributed by atoms with Crippen molar-refractivity contribution < 1.29 is 13.2 Å². The van der Waals surface area contributed by atoms with Gasteiger partial charge < -0.3 is 5.32 Å². The van der Waals surface area contributed by atoms with Crippen LogP contribution >= 0.6 is 0 Å². The van der Waals surface area contributed by atoms with Crippen molar-refractivity contribution in [3.05, 3.63) is 89.0 Å². The molecule has 0 atom stereocenters. The van der Waals surface area contributed by atoms with Crippen LogP contribution in [0.2, 0.25) is 0 Å². The van der Waals surface area contributed by atoms with E-state index in [4.69, 9.17) is 0 Å². The van der Waals surface area contributed by atoms with Crippen LogP contribution in [0.4, 0.5) is 11.4 Å². The summed E-state index contributed by atoms with van der Waals surface area (Å²) in [5.41, 5.74) is 5.30. The molecule has 0 saturated heterocycles. The van der Waals surface area contributed by atoms with E-state index in [2.05, 4.69) is 12.2 Å². The van der Waals surface area contributed by atoms with Crippen molar-refractivity contribution >= 4 is 27.3 Å². The summed E-state index contributed by atoms with van der Waals surface area (Å²) >= 11 is 0. The van der Waals surface area contributed by atoms with E-state index < -0.39 is 15.9 Å². The first-order chi connectivity index (χ1) is 15.7. The summed E-state index contributed by atoms with van der Waals surface area (Å²) in [6.45, 7) is 7.62. The maximum absolute atomic E-state index is 13.5. The van der Waals surface area contributed by atoms with Crippen LogP contribution in [0.3, 0.4) is 0 Å². The fourth-order valence-electron chi connectivity index (χ4n) is 3.50. The summed E-state index contributed by atoms with van der Waals surface area (Å²) in [5, 5.41) is 2.84. The molecule has 0 fully saturated rings. The van der Waals surface area contributed by atoms with Gasteiger partial charge in [0.05, 0.1) is 10.6 Å². The maximum Gasteiger partial charge on any atom is 0.264 e. The quantitative estimate of drug-likeness (QED) is 0.436. The molecule has 0 aliphatic heterocycles. The molecular formula is C27H32N2O3S. The van der Waals surface area contributed by atoms with Gasteiger partial charge in [0.2, 0.25) is 5.91 Å². The molecular weight excluding hydrogens is 432 g/mol. The maximum atomic E-state index is 13.5. The summed E-state index contributed by atoms with van der Waals surface area (Å²) in [6.07, 6.45) is 3.25. The highest BCUT2D eigenvalue weighted by Crippen LogP contribution is 2.26. The zero-order valence-electron chi connectivity index (χ0n) is 19.8. The standard InChI is InChI=1S/C27H32N2O3S/c1-5-6-7-23-11-13-24(14-12-23)28-27(30)19-29(25-15-10-21(3)22(4)18-25)33(31,32)26-16-8-20(2)9-17-26/h8-18H,5-7,19H2,1-4H3,(H,28,30). The van der Waals surface area contributed by atoms with Gasteiger partial charge in [-0.1, -0.05) is 49.2 Å². The summed E-state index contributed by atoms with van der Waals surface area (Å²) < 4.78 is 28.2. The van der Waals surface area contributed by atoms with Crippen molar-refractivity contribution in [2.45, 2.75) is 51.9 Å². The van der Waals surface area contributed by atoms with Crippen molar-refractivity contribution in [1.29, 1.82) is 0 Å². The third-order valence-electron chi connectivity index (χ3n) is 5.73. The monoisotopic (exact) mass is 464 g/mol. The largest absolute Gasteiger partial charge is 0.325 e. The number of hydrogen-bond donors (Lipinski definition) is 1. The summed E-state index contributed by atoms with van der Waals surface area (Å²) in [4.78, 5) is 13.1. The van der Waals surface area contributed by atoms with Crippen molar-refractivity contribution in [1.82, 2.24) is 0 Å². The van der Waals surface area contributed by atoms with Crippen molar-refractivity contribution in [2.24, 2.45) is 0 Å². The number of sulfonamides is 1. The van der Waals surface area contributed by atoms with Gasteiger partial charge in [0, 0.05) is 5.69 Å². The van der Waals surface area contributed by atoms with Crippen LogP contribution in [0, 0.1) is 20.8 Å². The smallest absolute Gasteiger partial charge is 0.264 e. The third kappa shape index (κ3) is 6.23.